The molecule has 1 N–H and O–H groups in total. The summed E-state index contributed by atoms with van der Waals surface area (Å²) >= 11 is 0. The predicted molar refractivity (Wildman–Crippen MR) is 85.2 cm³/mol. The topological polar surface area (TPSA) is 20.2 Å². The Labute approximate surface area is 127 Å². The van der Waals surface area contributed by atoms with Crippen molar-refractivity contribution < 1.29 is 9.50 Å². The van der Waals surface area contributed by atoms with E-state index in [2.05, 4.69) is 24.7 Å². The summed E-state index contributed by atoms with van der Waals surface area (Å²) in [6, 6.07) is 5.07. The molecule has 0 fully saturated rings. The quantitative estimate of drug-likeness (QED) is 0.591. The number of rotatable bonds is 7. The summed E-state index contributed by atoms with van der Waals surface area (Å²) in [5.41, 5.74) is 1.27. The third kappa shape index (κ3) is 6.98. The van der Waals surface area contributed by atoms with E-state index in [0.717, 1.165) is 18.4 Å². The molecule has 1 aromatic rings. The first-order valence-electron chi connectivity index (χ1n) is 7.61. The predicted octanol–water partition coefficient (Wildman–Crippen LogP) is 4.07. The molecule has 0 spiro atoms. The van der Waals surface area contributed by atoms with Gasteiger partial charge in [-0.1, -0.05) is 62.9 Å². The molecule has 1 atom stereocenters. The van der Waals surface area contributed by atoms with Crippen molar-refractivity contribution in [3.05, 3.63) is 35.1 Å². The second kappa shape index (κ2) is 10.0. The van der Waals surface area contributed by atoms with Crippen LogP contribution in [0.25, 0.3) is 0 Å². The lowest BCUT2D eigenvalue weighted by atomic mass is 10.0. The minimum absolute atomic E-state index is 0.274. The van der Waals surface area contributed by atoms with Crippen LogP contribution < -0.4 is 0 Å². The molecule has 1 rings (SSSR count). The summed E-state index contributed by atoms with van der Waals surface area (Å²) in [6.45, 7) is 2.20. The maximum absolute atomic E-state index is 13.8. The first-order valence-corrected chi connectivity index (χ1v) is 7.61. The lowest BCUT2D eigenvalue weighted by Gasteiger charge is -2.03. The van der Waals surface area contributed by atoms with Crippen LogP contribution in [-0.4, -0.2) is 11.2 Å². The number of halogens is 1. The highest BCUT2D eigenvalue weighted by Gasteiger charge is 2.02. The van der Waals surface area contributed by atoms with Gasteiger partial charge in [0.25, 0.3) is 0 Å². The van der Waals surface area contributed by atoms with Gasteiger partial charge >= 0.3 is 0 Å². The van der Waals surface area contributed by atoms with Gasteiger partial charge in [-0.25, -0.2) is 4.39 Å². The molecule has 1 aromatic carbocycles. The second-order valence-electron chi connectivity index (χ2n) is 5.17. The summed E-state index contributed by atoms with van der Waals surface area (Å²) in [5, 5.41) is 9.14. The van der Waals surface area contributed by atoms with Crippen LogP contribution in [0.3, 0.4) is 0 Å². The number of aryl methyl sites for hydroxylation is 1. The highest BCUT2D eigenvalue weighted by Crippen LogP contribution is 2.13. The van der Waals surface area contributed by atoms with Crippen LogP contribution in [0.5, 0.6) is 0 Å². The first kappa shape index (κ1) is 17.3. The molecule has 0 bridgehead atoms. The van der Waals surface area contributed by atoms with Gasteiger partial charge in [0, 0.05) is 0 Å². The Kier molecular flexibility index (Phi) is 8.25. The van der Waals surface area contributed by atoms with Crippen molar-refractivity contribution in [3.63, 3.8) is 0 Å². The van der Waals surface area contributed by atoms with Gasteiger partial charge in [-0.2, -0.15) is 0 Å². The molecule has 0 heterocycles. The summed E-state index contributed by atoms with van der Waals surface area (Å²) in [6.07, 6.45) is 12.1. The van der Waals surface area contributed by atoms with E-state index in [0.29, 0.717) is 0 Å². The van der Waals surface area contributed by atoms with E-state index in [4.69, 9.17) is 11.5 Å². The lowest BCUT2D eigenvalue weighted by molar-refractivity contribution is 0.290. The molecule has 0 aliphatic heterocycles. The van der Waals surface area contributed by atoms with E-state index >= 15 is 0 Å². The number of aliphatic hydroxyl groups excluding tert-OH is 1. The average molecular weight is 286 g/mol. The van der Waals surface area contributed by atoms with Crippen molar-refractivity contribution in [2.45, 2.75) is 58.0 Å². The van der Waals surface area contributed by atoms with Gasteiger partial charge in [-0.15, -0.1) is 6.42 Å². The molecule has 0 radical (unpaired) electrons. The summed E-state index contributed by atoms with van der Waals surface area (Å²) < 4.78 is 13.8. The molecule has 0 saturated carbocycles. The molecule has 0 saturated heterocycles. The van der Waals surface area contributed by atoms with Crippen LogP contribution in [0.15, 0.2) is 18.2 Å². The van der Waals surface area contributed by atoms with Crippen LogP contribution in [0, 0.1) is 30.0 Å². The fraction of sp³-hybridized carbons (Fsp3) is 0.474. The van der Waals surface area contributed by atoms with Crippen molar-refractivity contribution in [1.82, 2.24) is 0 Å². The smallest absolute Gasteiger partial charge is 0.176 e. The van der Waals surface area contributed by atoms with Crippen LogP contribution in [0.1, 0.15) is 56.6 Å². The molecule has 0 aromatic heterocycles. The zero-order valence-electron chi connectivity index (χ0n) is 12.7. The largest absolute Gasteiger partial charge is 0.369 e. The van der Waals surface area contributed by atoms with Crippen molar-refractivity contribution >= 4 is 0 Å². The number of terminal acetylenes is 1. The van der Waals surface area contributed by atoms with E-state index < -0.39 is 6.10 Å². The number of benzene rings is 1. The Morgan fingerprint density at radius 3 is 2.57 bits per heavy atom. The Hall–Kier alpha value is -1.77. The Morgan fingerprint density at radius 2 is 1.90 bits per heavy atom. The van der Waals surface area contributed by atoms with Crippen LogP contribution >= 0.6 is 0 Å². The van der Waals surface area contributed by atoms with E-state index in [1.54, 1.807) is 6.07 Å². The molecular formula is C19H23FO. The van der Waals surface area contributed by atoms with Gasteiger partial charge in [0.15, 0.2) is 6.10 Å². The molecular weight excluding hydrogens is 263 g/mol. The number of hydrogen-bond acceptors (Lipinski definition) is 1. The first-order chi connectivity index (χ1) is 10.2. The average Bonchev–Trinajstić information content (AvgIpc) is 2.49. The standard InChI is InChI=1S/C19H23FO/c1-3-5-6-7-8-9-10-16-11-12-17(19(20)15-16)13-14-18(21)4-2/h2,11-12,15,18,21H,3,5-10H2,1H3. The highest BCUT2D eigenvalue weighted by molar-refractivity contribution is 5.39. The van der Waals surface area contributed by atoms with Crippen molar-refractivity contribution in [2.24, 2.45) is 0 Å². The number of unbranched alkanes of at least 4 members (excludes halogenated alkanes) is 5. The van der Waals surface area contributed by atoms with Crippen LogP contribution in [0.4, 0.5) is 4.39 Å². The van der Waals surface area contributed by atoms with Gasteiger partial charge in [-0.3, -0.25) is 0 Å². The minimum atomic E-state index is -1.15. The fourth-order valence-corrected chi connectivity index (χ4v) is 2.11. The van der Waals surface area contributed by atoms with Crippen molar-refractivity contribution in [1.29, 1.82) is 0 Å². The Morgan fingerprint density at radius 1 is 1.19 bits per heavy atom. The minimum Gasteiger partial charge on any atom is -0.369 e. The normalized spacial score (nSPS) is 11.3. The van der Waals surface area contributed by atoms with E-state index in [1.807, 2.05) is 6.07 Å². The van der Waals surface area contributed by atoms with Gasteiger partial charge in [0.2, 0.25) is 0 Å². The number of hydrogen-bond donors (Lipinski definition) is 1. The van der Waals surface area contributed by atoms with Crippen molar-refractivity contribution in [3.8, 4) is 24.2 Å². The third-order valence-electron chi connectivity index (χ3n) is 3.35. The zero-order chi connectivity index (χ0) is 15.5. The highest BCUT2D eigenvalue weighted by atomic mass is 19.1. The lowest BCUT2D eigenvalue weighted by Crippen LogP contribution is -1.97. The van der Waals surface area contributed by atoms with Gasteiger partial charge in [0.05, 0.1) is 5.56 Å². The monoisotopic (exact) mass is 286 g/mol. The molecule has 1 unspecified atom stereocenters. The third-order valence-corrected chi connectivity index (χ3v) is 3.35. The molecule has 0 amide bonds. The van der Waals surface area contributed by atoms with Gasteiger partial charge in [-0.05, 0) is 30.5 Å². The Balaban J connectivity index is 2.46. The molecule has 0 aliphatic carbocycles. The summed E-state index contributed by atoms with van der Waals surface area (Å²) in [5.74, 6) is 6.70. The molecule has 2 heteroatoms. The number of aliphatic hydroxyl groups is 1. The van der Waals surface area contributed by atoms with E-state index in [9.17, 15) is 4.39 Å². The maximum Gasteiger partial charge on any atom is 0.176 e. The van der Waals surface area contributed by atoms with E-state index in [-0.39, 0.29) is 11.4 Å². The summed E-state index contributed by atoms with van der Waals surface area (Å²) in [4.78, 5) is 0. The SMILES string of the molecule is C#CC(O)C#Cc1ccc(CCCCCCCC)cc1F. The summed E-state index contributed by atoms with van der Waals surface area (Å²) in [7, 11) is 0. The van der Waals surface area contributed by atoms with E-state index in [1.165, 1.54) is 38.2 Å². The second-order valence-corrected chi connectivity index (χ2v) is 5.17. The van der Waals surface area contributed by atoms with Gasteiger partial charge < -0.3 is 5.11 Å². The molecule has 0 aliphatic rings. The van der Waals surface area contributed by atoms with Crippen LogP contribution in [0.2, 0.25) is 0 Å². The molecule has 112 valence electrons. The van der Waals surface area contributed by atoms with Crippen molar-refractivity contribution in [2.75, 3.05) is 0 Å². The Bertz CT molecular complexity index is 531. The molecule has 1 nitrogen and oxygen atoms in total. The molecule has 21 heavy (non-hydrogen) atoms. The maximum atomic E-state index is 13.8. The zero-order valence-corrected chi connectivity index (χ0v) is 12.7. The van der Waals surface area contributed by atoms with Gasteiger partial charge in [0.1, 0.15) is 5.82 Å². The fourth-order valence-electron chi connectivity index (χ4n) is 2.11. The van der Waals surface area contributed by atoms with Crippen LogP contribution in [-0.2, 0) is 6.42 Å².